The summed E-state index contributed by atoms with van der Waals surface area (Å²) in [5.74, 6) is -0.372. The van der Waals surface area contributed by atoms with E-state index in [4.69, 9.17) is 4.74 Å². The van der Waals surface area contributed by atoms with Crippen LogP contribution in [-0.2, 0) is 9.53 Å². The Hall–Kier alpha value is -0.770. The van der Waals surface area contributed by atoms with Crippen LogP contribution >= 0.6 is 11.8 Å². The number of esters is 1. The highest BCUT2D eigenvalue weighted by Gasteiger charge is 2.11. The molecule has 0 aliphatic heterocycles. The van der Waals surface area contributed by atoms with Gasteiger partial charge in [-0.2, -0.15) is 0 Å². The predicted octanol–water partition coefficient (Wildman–Crippen LogP) is 3.26. The van der Waals surface area contributed by atoms with Gasteiger partial charge in [-0.1, -0.05) is 32.2 Å². The molecule has 0 amide bonds. The Morgan fingerprint density at radius 2 is 1.87 bits per heavy atom. The van der Waals surface area contributed by atoms with Crippen LogP contribution in [0.2, 0.25) is 0 Å². The number of ether oxygens (including phenoxy) is 1. The summed E-state index contributed by atoms with van der Waals surface area (Å²) in [5, 5.41) is 0.797. The molecule has 0 atom stereocenters. The van der Waals surface area contributed by atoms with E-state index in [1.54, 1.807) is 20.9 Å². The number of hydrogen-bond acceptors (Lipinski definition) is 4. The minimum atomic E-state index is -0.372. The zero-order chi connectivity index (χ0) is 12.4. The van der Waals surface area contributed by atoms with E-state index in [9.17, 15) is 4.79 Å². The first-order valence-electron chi connectivity index (χ1n) is 4.98. The summed E-state index contributed by atoms with van der Waals surface area (Å²) >= 11 is 1.23. The van der Waals surface area contributed by atoms with Crippen LogP contribution in [0.15, 0.2) is 16.5 Å². The number of carbonyl (C=O) groups excluding carboxylic acids is 1. The maximum absolute atomic E-state index is 11.2. The fourth-order valence-corrected chi connectivity index (χ4v) is 1.12. The summed E-state index contributed by atoms with van der Waals surface area (Å²) in [6.07, 6.45) is -0.108. The van der Waals surface area contributed by atoms with E-state index in [0.717, 1.165) is 5.04 Å². The van der Waals surface area contributed by atoms with E-state index in [2.05, 4.69) is 11.6 Å². The van der Waals surface area contributed by atoms with Gasteiger partial charge in [0.05, 0.1) is 16.1 Å². The van der Waals surface area contributed by atoms with Crippen LogP contribution in [-0.4, -0.2) is 24.2 Å². The zero-order valence-corrected chi connectivity index (χ0v) is 11.3. The second kappa shape index (κ2) is 9.77. The van der Waals surface area contributed by atoms with Gasteiger partial charge in [-0.05, 0) is 20.8 Å². The normalized spacial score (nSPS) is 10.5. The van der Waals surface area contributed by atoms with E-state index in [1.807, 2.05) is 20.8 Å². The summed E-state index contributed by atoms with van der Waals surface area (Å²) in [7, 11) is 1.67. The summed E-state index contributed by atoms with van der Waals surface area (Å²) in [4.78, 5) is 15.5. The molecule has 15 heavy (non-hydrogen) atoms. The lowest BCUT2D eigenvalue weighted by atomic mass is 10.5. The molecule has 0 heterocycles. The van der Waals surface area contributed by atoms with Gasteiger partial charge in [-0.25, -0.2) is 4.79 Å². The highest BCUT2D eigenvalue weighted by atomic mass is 32.2. The third-order valence-electron chi connectivity index (χ3n) is 1.16. The fourth-order valence-electron chi connectivity index (χ4n) is 0.545. The van der Waals surface area contributed by atoms with Crippen molar-refractivity contribution < 1.29 is 9.53 Å². The second-order valence-corrected chi connectivity index (χ2v) is 4.01. The Kier molecular flexibility index (Phi) is 10.8. The van der Waals surface area contributed by atoms with Gasteiger partial charge in [0.25, 0.3) is 0 Å². The van der Waals surface area contributed by atoms with Crippen LogP contribution in [0.1, 0.15) is 34.6 Å². The predicted molar refractivity (Wildman–Crippen MR) is 68.3 cm³/mol. The molecule has 0 rings (SSSR count). The van der Waals surface area contributed by atoms with Gasteiger partial charge in [0.15, 0.2) is 0 Å². The molecular formula is C11H21NO2S. The monoisotopic (exact) mass is 231 g/mol. The van der Waals surface area contributed by atoms with E-state index in [-0.39, 0.29) is 12.1 Å². The van der Waals surface area contributed by atoms with Crippen molar-refractivity contribution in [2.24, 2.45) is 4.99 Å². The van der Waals surface area contributed by atoms with Gasteiger partial charge < -0.3 is 4.74 Å². The van der Waals surface area contributed by atoms with Crippen LogP contribution in [0.25, 0.3) is 0 Å². The van der Waals surface area contributed by atoms with Crippen molar-refractivity contribution in [2.75, 3.05) is 7.05 Å². The Morgan fingerprint density at radius 1 is 1.40 bits per heavy atom. The minimum absolute atomic E-state index is 0.108. The molecule has 0 aromatic rings. The van der Waals surface area contributed by atoms with Crippen LogP contribution in [0.5, 0.6) is 0 Å². The zero-order valence-electron chi connectivity index (χ0n) is 10.5. The van der Waals surface area contributed by atoms with Crippen molar-refractivity contribution >= 4 is 22.8 Å². The molecule has 3 nitrogen and oxygen atoms in total. The number of hydrogen-bond donors (Lipinski definition) is 0. The van der Waals surface area contributed by atoms with E-state index < -0.39 is 0 Å². The smallest absolute Gasteiger partial charge is 0.344 e. The molecular weight excluding hydrogens is 210 g/mol. The Morgan fingerprint density at radius 3 is 2.20 bits per heavy atom. The number of aliphatic imine (C=N–C) groups is 1. The maximum Gasteiger partial charge on any atom is 0.344 e. The Balaban J connectivity index is 0. The molecule has 4 heteroatoms. The van der Waals surface area contributed by atoms with Gasteiger partial charge in [-0.3, -0.25) is 4.99 Å². The number of carbonyl (C=O) groups is 1. The quantitative estimate of drug-likeness (QED) is 0.324. The standard InChI is InChI=1S/C9H15NO2S.C2H6/c1-6(2)12-9(11)7(3)13-8(4)10-5;1-2/h6H,3H2,1-2,4-5H3;1-2H3. The lowest BCUT2D eigenvalue weighted by Gasteiger charge is -2.08. The summed E-state index contributed by atoms with van der Waals surface area (Å²) in [5.41, 5.74) is 0. The topological polar surface area (TPSA) is 38.7 Å². The molecule has 0 fully saturated rings. The summed E-state index contributed by atoms with van der Waals surface area (Å²) < 4.78 is 4.94. The third-order valence-corrected chi connectivity index (χ3v) is 2.05. The molecule has 0 aromatic heterocycles. The van der Waals surface area contributed by atoms with Gasteiger partial charge in [0.2, 0.25) is 0 Å². The van der Waals surface area contributed by atoms with Crippen LogP contribution < -0.4 is 0 Å². The Bertz CT molecular complexity index is 235. The highest BCUT2D eigenvalue weighted by Crippen LogP contribution is 2.17. The molecule has 0 radical (unpaired) electrons. The molecule has 0 aliphatic rings. The van der Waals surface area contributed by atoms with Crippen molar-refractivity contribution in [3.05, 3.63) is 11.5 Å². The molecule has 0 aromatic carbocycles. The number of rotatable bonds is 3. The molecule has 0 aliphatic carbocycles. The molecule has 0 saturated heterocycles. The minimum Gasteiger partial charge on any atom is -0.459 e. The molecule has 0 saturated carbocycles. The summed E-state index contributed by atoms with van der Waals surface area (Å²) in [6.45, 7) is 13.0. The van der Waals surface area contributed by atoms with Gasteiger partial charge in [0.1, 0.15) is 0 Å². The first-order valence-corrected chi connectivity index (χ1v) is 5.80. The molecule has 0 spiro atoms. The Labute approximate surface area is 97.0 Å². The van der Waals surface area contributed by atoms with Crippen molar-refractivity contribution in [3.8, 4) is 0 Å². The van der Waals surface area contributed by atoms with Crippen molar-refractivity contribution in [1.29, 1.82) is 0 Å². The van der Waals surface area contributed by atoms with Crippen molar-refractivity contribution in [1.82, 2.24) is 0 Å². The average Bonchev–Trinajstić information content (AvgIpc) is 2.19. The maximum atomic E-state index is 11.2. The SMILES string of the molecule is C=C(SC(C)=NC)C(=O)OC(C)C.CC. The van der Waals surface area contributed by atoms with Crippen LogP contribution in [0.3, 0.4) is 0 Å². The number of thioether (sulfide) groups is 1. The lowest BCUT2D eigenvalue weighted by Crippen LogP contribution is -2.12. The lowest BCUT2D eigenvalue weighted by molar-refractivity contribution is -0.141. The second-order valence-electron chi connectivity index (χ2n) is 2.72. The summed E-state index contributed by atoms with van der Waals surface area (Å²) in [6, 6.07) is 0. The van der Waals surface area contributed by atoms with Gasteiger partial charge in [0, 0.05) is 7.05 Å². The van der Waals surface area contributed by atoms with Crippen molar-refractivity contribution in [2.45, 2.75) is 40.7 Å². The van der Waals surface area contributed by atoms with Gasteiger partial charge >= 0.3 is 5.97 Å². The van der Waals surface area contributed by atoms with Gasteiger partial charge in [-0.15, -0.1) is 0 Å². The van der Waals surface area contributed by atoms with E-state index in [1.165, 1.54) is 11.8 Å². The first kappa shape index (κ1) is 16.7. The molecule has 0 unspecified atom stereocenters. The molecule has 0 bridgehead atoms. The van der Waals surface area contributed by atoms with Crippen molar-refractivity contribution in [3.63, 3.8) is 0 Å². The first-order chi connectivity index (χ1) is 6.97. The van der Waals surface area contributed by atoms with Crippen LogP contribution in [0, 0.1) is 0 Å². The molecule has 88 valence electrons. The average molecular weight is 231 g/mol. The number of nitrogens with zero attached hydrogens (tertiary/aromatic N) is 1. The third kappa shape index (κ3) is 9.53. The molecule has 0 N–H and O–H groups in total. The van der Waals surface area contributed by atoms with E-state index >= 15 is 0 Å². The largest absolute Gasteiger partial charge is 0.459 e. The highest BCUT2D eigenvalue weighted by molar-refractivity contribution is 8.17. The van der Waals surface area contributed by atoms with Crippen LogP contribution in [0.4, 0.5) is 0 Å². The van der Waals surface area contributed by atoms with E-state index in [0.29, 0.717) is 4.91 Å². The fraction of sp³-hybridized carbons (Fsp3) is 0.636.